The van der Waals surface area contributed by atoms with Crippen LogP contribution in [0, 0.1) is 57.2 Å². The van der Waals surface area contributed by atoms with Crippen LogP contribution in [0.2, 0.25) is 0 Å². The Balaban J connectivity index is 1.71. The third-order valence-electron chi connectivity index (χ3n) is 10.5. The van der Waals surface area contributed by atoms with Gasteiger partial charge in [-0.05, 0) is 102 Å². The lowest BCUT2D eigenvalue weighted by atomic mass is 9.60. The van der Waals surface area contributed by atoms with Gasteiger partial charge in [0.05, 0.1) is 0 Å². The maximum Gasteiger partial charge on any atom is 0.227 e. The summed E-state index contributed by atoms with van der Waals surface area (Å²) < 4.78 is 0. The minimum Gasteiger partial charge on any atom is -0.326 e. The van der Waals surface area contributed by atoms with Gasteiger partial charge in [0.15, 0.2) is 0 Å². The first-order chi connectivity index (χ1) is 18.1. The number of carbonyl (C=O) groups excluding carboxylic acids is 2. The SMILES string of the molecule is CC(C)(C)C1CC(C(=O)Nc2cccc(NC(=O)C3CC(C(C)(C)C)CC(C(C)(C)C)C3)c2)CC(C(C)(C)C)C1. The quantitative estimate of drug-likeness (QED) is 0.390. The summed E-state index contributed by atoms with van der Waals surface area (Å²) in [6, 6.07) is 7.72. The first kappa shape index (κ1) is 32.7. The normalized spacial score (nSPS) is 28.6. The summed E-state index contributed by atoms with van der Waals surface area (Å²) in [5.41, 5.74) is 2.26. The number of hydrogen-bond acceptors (Lipinski definition) is 2. The Hall–Kier alpha value is -1.84. The molecule has 2 fully saturated rings. The molecule has 2 amide bonds. The lowest BCUT2D eigenvalue weighted by Gasteiger charge is -2.45. The molecule has 0 bridgehead atoms. The van der Waals surface area contributed by atoms with E-state index in [9.17, 15) is 9.59 Å². The zero-order valence-electron chi connectivity index (χ0n) is 27.8. The van der Waals surface area contributed by atoms with E-state index < -0.39 is 0 Å². The fourth-order valence-electron chi connectivity index (χ4n) is 7.06. The van der Waals surface area contributed by atoms with Crippen LogP contribution in [0.4, 0.5) is 11.4 Å². The van der Waals surface area contributed by atoms with Crippen LogP contribution in [0.15, 0.2) is 24.3 Å². The van der Waals surface area contributed by atoms with Crippen LogP contribution in [0.1, 0.15) is 122 Å². The Bertz CT molecular complexity index is 907. The average molecular weight is 553 g/mol. The van der Waals surface area contributed by atoms with Crippen LogP contribution >= 0.6 is 0 Å². The summed E-state index contributed by atoms with van der Waals surface area (Å²) in [6.45, 7) is 27.7. The molecule has 0 saturated heterocycles. The monoisotopic (exact) mass is 552 g/mol. The molecule has 2 saturated carbocycles. The topological polar surface area (TPSA) is 58.2 Å². The Morgan fingerprint density at radius 1 is 0.525 bits per heavy atom. The van der Waals surface area contributed by atoms with E-state index >= 15 is 0 Å². The average Bonchev–Trinajstić information content (AvgIpc) is 2.81. The molecule has 0 aromatic heterocycles. The van der Waals surface area contributed by atoms with Gasteiger partial charge in [-0.15, -0.1) is 0 Å². The van der Waals surface area contributed by atoms with E-state index in [-0.39, 0.29) is 45.3 Å². The van der Waals surface area contributed by atoms with Crippen LogP contribution in [0.5, 0.6) is 0 Å². The van der Waals surface area contributed by atoms with Crippen molar-refractivity contribution in [2.75, 3.05) is 10.6 Å². The summed E-state index contributed by atoms with van der Waals surface area (Å²) in [6.07, 6.45) is 6.11. The van der Waals surface area contributed by atoms with Gasteiger partial charge in [-0.2, -0.15) is 0 Å². The molecule has 4 unspecified atom stereocenters. The standard InChI is InChI=1S/C36H60N2O2/c1-33(2,3)25-16-23(17-26(20-25)34(4,5)6)31(39)37-29-14-13-15-30(22-29)38-32(40)24-18-27(35(7,8)9)21-28(19-24)36(10,11)12/h13-15,22-28H,16-21H2,1-12H3,(H,37,39)(H,38,40). The zero-order chi connectivity index (χ0) is 30.3. The molecule has 0 radical (unpaired) electrons. The predicted molar refractivity (Wildman–Crippen MR) is 170 cm³/mol. The lowest BCUT2D eigenvalue weighted by molar-refractivity contribution is -0.124. The molecule has 3 rings (SSSR count). The van der Waals surface area contributed by atoms with E-state index in [0.717, 1.165) is 37.1 Å². The highest BCUT2D eigenvalue weighted by Crippen LogP contribution is 2.49. The van der Waals surface area contributed by atoms with E-state index in [2.05, 4.69) is 93.7 Å². The largest absolute Gasteiger partial charge is 0.326 e. The van der Waals surface area contributed by atoms with Gasteiger partial charge in [0.25, 0.3) is 0 Å². The molecule has 4 atom stereocenters. The van der Waals surface area contributed by atoms with Crippen molar-refractivity contribution in [3.05, 3.63) is 24.3 Å². The summed E-state index contributed by atoms with van der Waals surface area (Å²) in [5.74, 6) is 2.33. The maximum atomic E-state index is 13.6. The molecule has 2 N–H and O–H groups in total. The van der Waals surface area contributed by atoms with Gasteiger partial charge in [0, 0.05) is 23.2 Å². The van der Waals surface area contributed by atoms with E-state index in [1.165, 1.54) is 12.8 Å². The number of carbonyl (C=O) groups is 2. The molecule has 4 nitrogen and oxygen atoms in total. The zero-order valence-corrected chi connectivity index (χ0v) is 27.8. The summed E-state index contributed by atoms with van der Waals surface area (Å²) in [7, 11) is 0. The minimum atomic E-state index is 0.00588. The molecule has 4 heteroatoms. The Labute approximate surface area is 246 Å². The Kier molecular flexibility index (Phi) is 9.64. The van der Waals surface area contributed by atoms with E-state index in [0.29, 0.717) is 23.7 Å². The van der Waals surface area contributed by atoms with Gasteiger partial charge in [-0.25, -0.2) is 0 Å². The van der Waals surface area contributed by atoms with Crippen LogP contribution in [0.3, 0.4) is 0 Å². The molecule has 2 aliphatic carbocycles. The summed E-state index contributed by atoms with van der Waals surface area (Å²) in [5, 5.41) is 6.42. The van der Waals surface area contributed by atoms with Gasteiger partial charge in [-0.3, -0.25) is 9.59 Å². The second-order valence-electron chi connectivity index (χ2n) is 17.6. The Morgan fingerprint density at radius 2 is 0.800 bits per heavy atom. The third kappa shape index (κ3) is 8.58. The highest BCUT2D eigenvalue weighted by Gasteiger charge is 2.43. The number of amides is 2. The highest BCUT2D eigenvalue weighted by molar-refractivity contribution is 5.95. The third-order valence-corrected chi connectivity index (χ3v) is 10.5. The van der Waals surface area contributed by atoms with Crippen molar-refractivity contribution in [3.63, 3.8) is 0 Å². The minimum absolute atomic E-state index is 0.00588. The molecule has 0 spiro atoms. The maximum absolute atomic E-state index is 13.6. The number of rotatable bonds is 4. The van der Waals surface area contributed by atoms with Gasteiger partial charge >= 0.3 is 0 Å². The second kappa shape index (κ2) is 11.8. The van der Waals surface area contributed by atoms with Crippen LogP contribution in [-0.2, 0) is 9.59 Å². The van der Waals surface area contributed by atoms with Crippen LogP contribution in [0.25, 0.3) is 0 Å². The molecular formula is C36H60N2O2. The fourth-order valence-corrected chi connectivity index (χ4v) is 7.06. The fraction of sp³-hybridized carbons (Fsp3) is 0.778. The van der Waals surface area contributed by atoms with Crippen LogP contribution < -0.4 is 10.6 Å². The molecule has 40 heavy (non-hydrogen) atoms. The molecule has 1 aromatic carbocycles. The molecule has 0 aliphatic heterocycles. The second-order valence-corrected chi connectivity index (χ2v) is 17.6. The summed E-state index contributed by atoms with van der Waals surface area (Å²) in [4.78, 5) is 27.1. The predicted octanol–water partition coefficient (Wildman–Crippen LogP) is 9.81. The smallest absolute Gasteiger partial charge is 0.227 e. The number of nitrogens with one attached hydrogen (secondary N) is 2. The first-order valence-electron chi connectivity index (χ1n) is 15.9. The molecule has 226 valence electrons. The van der Waals surface area contributed by atoms with Gasteiger partial charge in [0.1, 0.15) is 0 Å². The lowest BCUT2D eigenvalue weighted by Crippen LogP contribution is -2.40. The van der Waals surface area contributed by atoms with Gasteiger partial charge < -0.3 is 10.6 Å². The van der Waals surface area contributed by atoms with E-state index in [1.54, 1.807) is 0 Å². The highest BCUT2D eigenvalue weighted by atomic mass is 16.2. The van der Waals surface area contributed by atoms with Crippen molar-refractivity contribution in [2.45, 2.75) is 122 Å². The molecular weight excluding hydrogens is 492 g/mol. The van der Waals surface area contributed by atoms with E-state index in [1.807, 2.05) is 24.3 Å². The Morgan fingerprint density at radius 3 is 1.05 bits per heavy atom. The number of anilines is 2. The van der Waals surface area contributed by atoms with Crippen molar-refractivity contribution in [2.24, 2.45) is 57.2 Å². The molecule has 1 aromatic rings. The molecule has 0 heterocycles. The van der Waals surface area contributed by atoms with Crippen molar-refractivity contribution in [1.29, 1.82) is 0 Å². The van der Waals surface area contributed by atoms with Crippen molar-refractivity contribution in [1.82, 2.24) is 0 Å². The van der Waals surface area contributed by atoms with Crippen LogP contribution in [-0.4, -0.2) is 11.8 Å². The number of hydrogen-bond donors (Lipinski definition) is 2. The first-order valence-corrected chi connectivity index (χ1v) is 15.9. The van der Waals surface area contributed by atoms with Crippen molar-refractivity contribution in [3.8, 4) is 0 Å². The number of benzene rings is 1. The van der Waals surface area contributed by atoms with Gasteiger partial charge in [-0.1, -0.05) is 89.2 Å². The van der Waals surface area contributed by atoms with Crippen molar-refractivity contribution < 1.29 is 9.59 Å². The summed E-state index contributed by atoms with van der Waals surface area (Å²) >= 11 is 0. The van der Waals surface area contributed by atoms with Gasteiger partial charge in [0.2, 0.25) is 11.8 Å². The molecule has 2 aliphatic rings. The van der Waals surface area contributed by atoms with E-state index in [4.69, 9.17) is 0 Å². The van der Waals surface area contributed by atoms with Crippen molar-refractivity contribution >= 4 is 23.2 Å².